The van der Waals surface area contributed by atoms with Gasteiger partial charge in [-0.15, -0.1) is 0 Å². The molecule has 1 fully saturated rings. The van der Waals surface area contributed by atoms with Crippen LogP contribution in [-0.2, 0) is 6.42 Å². The number of hydrogen-bond acceptors (Lipinski definition) is 3. The van der Waals surface area contributed by atoms with E-state index in [2.05, 4.69) is 55.0 Å². The lowest BCUT2D eigenvalue weighted by atomic mass is 10.0. The molecular weight excluding hydrogens is 260 g/mol. The molecule has 0 bridgehead atoms. The average Bonchev–Trinajstić information content (AvgIpc) is 2.55. The van der Waals surface area contributed by atoms with Crippen LogP contribution in [0.2, 0.25) is 0 Å². The molecule has 1 saturated heterocycles. The summed E-state index contributed by atoms with van der Waals surface area (Å²) < 4.78 is 0. The van der Waals surface area contributed by atoms with Gasteiger partial charge in [-0.05, 0) is 57.1 Å². The van der Waals surface area contributed by atoms with Gasteiger partial charge in [0.25, 0.3) is 0 Å². The molecule has 21 heavy (non-hydrogen) atoms. The number of aliphatic hydroxyl groups excluding tert-OH is 1. The highest BCUT2D eigenvalue weighted by Crippen LogP contribution is 2.20. The second-order valence-corrected chi connectivity index (χ2v) is 6.22. The Balaban J connectivity index is 1.85. The number of nitrogens with zero attached hydrogens (tertiary/aromatic N) is 2. The van der Waals surface area contributed by atoms with E-state index in [0.717, 1.165) is 25.1 Å². The SMILES string of the molecule is CCc1ccc(C(O)CN(C)C2CCN(CC)CC2)cc1. The smallest absolute Gasteiger partial charge is 0.0916 e. The summed E-state index contributed by atoms with van der Waals surface area (Å²) in [5.41, 5.74) is 2.36. The zero-order valence-corrected chi connectivity index (χ0v) is 13.8. The highest BCUT2D eigenvalue weighted by Gasteiger charge is 2.23. The van der Waals surface area contributed by atoms with Crippen molar-refractivity contribution >= 4 is 0 Å². The molecule has 0 saturated carbocycles. The fourth-order valence-electron chi connectivity index (χ4n) is 3.18. The summed E-state index contributed by atoms with van der Waals surface area (Å²) in [6.07, 6.45) is 3.09. The summed E-state index contributed by atoms with van der Waals surface area (Å²) in [6.45, 7) is 8.64. The van der Waals surface area contributed by atoms with Crippen LogP contribution in [0.3, 0.4) is 0 Å². The molecule has 0 radical (unpaired) electrons. The fraction of sp³-hybridized carbons (Fsp3) is 0.667. The van der Waals surface area contributed by atoms with Crippen LogP contribution < -0.4 is 0 Å². The zero-order chi connectivity index (χ0) is 15.2. The summed E-state index contributed by atoms with van der Waals surface area (Å²) in [4.78, 5) is 4.84. The largest absolute Gasteiger partial charge is 0.387 e. The van der Waals surface area contributed by atoms with Crippen molar-refractivity contribution in [2.24, 2.45) is 0 Å². The van der Waals surface area contributed by atoms with Gasteiger partial charge in [0, 0.05) is 12.6 Å². The number of rotatable bonds is 6. The number of likely N-dealkylation sites (N-methyl/N-ethyl adjacent to an activating group) is 1. The summed E-state index contributed by atoms with van der Waals surface area (Å²) in [7, 11) is 2.15. The molecule has 3 heteroatoms. The van der Waals surface area contributed by atoms with Crippen LogP contribution in [0, 0.1) is 0 Å². The van der Waals surface area contributed by atoms with E-state index in [1.165, 1.54) is 31.5 Å². The Labute approximate surface area is 129 Å². The maximum Gasteiger partial charge on any atom is 0.0916 e. The van der Waals surface area contributed by atoms with Gasteiger partial charge in [-0.1, -0.05) is 38.1 Å². The van der Waals surface area contributed by atoms with E-state index in [9.17, 15) is 5.11 Å². The Morgan fingerprint density at radius 3 is 2.33 bits per heavy atom. The Hall–Kier alpha value is -0.900. The lowest BCUT2D eigenvalue weighted by Crippen LogP contribution is -2.44. The van der Waals surface area contributed by atoms with Crippen molar-refractivity contribution in [3.63, 3.8) is 0 Å². The highest BCUT2D eigenvalue weighted by molar-refractivity contribution is 5.24. The van der Waals surface area contributed by atoms with Crippen molar-refractivity contribution < 1.29 is 5.11 Å². The quantitative estimate of drug-likeness (QED) is 0.872. The van der Waals surface area contributed by atoms with Gasteiger partial charge in [0.05, 0.1) is 6.10 Å². The predicted molar refractivity (Wildman–Crippen MR) is 88.5 cm³/mol. The minimum atomic E-state index is -0.384. The summed E-state index contributed by atoms with van der Waals surface area (Å²) in [5.74, 6) is 0. The van der Waals surface area contributed by atoms with E-state index < -0.39 is 0 Å². The van der Waals surface area contributed by atoms with Gasteiger partial charge in [-0.25, -0.2) is 0 Å². The molecule has 1 aromatic carbocycles. The molecule has 1 aromatic rings. The van der Waals surface area contributed by atoms with Crippen LogP contribution in [0.4, 0.5) is 0 Å². The van der Waals surface area contributed by atoms with Crippen molar-refractivity contribution in [2.45, 2.75) is 45.3 Å². The molecule has 0 spiro atoms. The van der Waals surface area contributed by atoms with Crippen LogP contribution in [0.15, 0.2) is 24.3 Å². The molecule has 1 N–H and O–H groups in total. The number of benzene rings is 1. The normalized spacial score (nSPS) is 19.1. The average molecular weight is 290 g/mol. The van der Waals surface area contributed by atoms with E-state index in [0.29, 0.717) is 6.04 Å². The van der Waals surface area contributed by atoms with Gasteiger partial charge in [0.2, 0.25) is 0 Å². The second-order valence-electron chi connectivity index (χ2n) is 6.22. The number of hydrogen-bond donors (Lipinski definition) is 1. The minimum absolute atomic E-state index is 0.384. The number of piperidine rings is 1. The molecule has 1 aliphatic heterocycles. The van der Waals surface area contributed by atoms with Gasteiger partial charge in [0.1, 0.15) is 0 Å². The monoisotopic (exact) mass is 290 g/mol. The van der Waals surface area contributed by atoms with Crippen LogP contribution in [0.25, 0.3) is 0 Å². The van der Waals surface area contributed by atoms with Crippen LogP contribution >= 0.6 is 0 Å². The van der Waals surface area contributed by atoms with Gasteiger partial charge >= 0.3 is 0 Å². The van der Waals surface area contributed by atoms with Crippen molar-refractivity contribution in [3.8, 4) is 0 Å². The maximum atomic E-state index is 10.4. The van der Waals surface area contributed by atoms with E-state index >= 15 is 0 Å². The van der Waals surface area contributed by atoms with Gasteiger partial charge < -0.3 is 14.9 Å². The minimum Gasteiger partial charge on any atom is -0.387 e. The molecule has 3 nitrogen and oxygen atoms in total. The molecule has 1 heterocycles. The first-order valence-corrected chi connectivity index (χ1v) is 8.33. The van der Waals surface area contributed by atoms with Crippen molar-refractivity contribution in [1.82, 2.24) is 9.80 Å². The summed E-state index contributed by atoms with van der Waals surface area (Å²) in [6, 6.07) is 8.99. The van der Waals surface area contributed by atoms with Crippen molar-refractivity contribution in [3.05, 3.63) is 35.4 Å². The topological polar surface area (TPSA) is 26.7 Å². The molecular formula is C18H30N2O. The first-order chi connectivity index (χ1) is 10.1. The molecule has 118 valence electrons. The zero-order valence-electron chi connectivity index (χ0n) is 13.8. The molecule has 1 aliphatic rings. The Morgan fingerprint density at radius 1 is 1.19 bits per heavy atom. The van der Waals surface area contributed by atoms with Crippen LogP contribution in [-0.4, -0.2) is 54.2 Å². The molecule has 1 atom stereocenters. The Kier molecular flexibility index (Phi) is 6.22. The lowest BCUT2D eigenvalue weighted by molar-refractivity contribution is 0.0748. The fourth-order valence-corrected chi connectivity index (χ4v) is 3.18. The van der Waals surface area contributed by atoms with Gasteiger partial charge in [-0.2, -0.15) is 0 Å². The van der Waals surface area contributed by atoms with Crippen LogP contribution in [0.5, 0.6) is 0 Å². The van der Waals surface area contributed by atoms with Gasteiger partial charge in [0.15, 0.2) is 0 Å². The van der Waals surface area contributed by atoms with E-state index in [4.69, 9.17) is 0 Å². The first kappa shape index (κ1) is 16.5. The molecule has 0 aliphatic carbocycles. The predicted octanol–water partition coefficient (Wildman–Crippen LogP) is 2.70. The van der Waals surface area contributed by atoms with E-state index in [1.54, 1.807) is 0 Å². The molecule has 2 rings (SSSR count). The highest BCUT2D eigenvalue weighted by atomic mass is 16.3. The standard InChI is InChI=1S/C18H30N2O/c1-4-15-6-8-16(9-7-15)18(21)14-19(3)17-10-12-20(5-2)13-11-17/h6-9,17-18,21H,4-5,10-14H2,1-3H3. The van der Waals surface area contributed by atoms with Crippen LogP contribution in [0.1, 0.15) is 43.9 Å². The summed E-state index contributed by atoms with van der Waals surface area (Å²) >= 11 is 0. The second kappa shape index (κ2) is 7.92. The molecule has 1 unspecified atom stereocenters. The van der Waals surface area contributed by atoms with Crippen molar-refractivity contribution in [2.75, 3.05) is 33.2 Å². The number of aryl methyl sites for hydroxylation is 1. The third-order valence-corrected chi connectivity index (χ3v) is 4.86. The first-order valence-electron chi connectivity index (χ1n) is 8.33. The third kappa shape index (κ3) is 4.53. The van der Waals surface area contributed by atoms with Gasteiger partial charge in [-0.3, -0.25) is 0 Å². The third-order valence-electron chi connectivity index (χ3n) is 4.86. The lowest BCUT2D eigenvalue weighted by Gasteiger charge is -2.37. The number of aliphatic hydroxyl groups is 1. The van der Waals surface area contributed by atoms with E-state index in [-0.39, 0.29) is 6.10 Å². The Morgan fingerprint density at radius 2 is 1.81 bits per heavy atom. The maximum absolute atomic E-state index is 10.4. The van der Waals surface area contributed by atoms with Crippen molar-refractivity contribution in [1.29, 1.82) is 0 Å². The number of likely N-dealkylation sites (tertiary alicyclic amines) is 1. The summed E-state index contributed by atoms with van der Waals surface area (Å²) in [5, 5.41) is 10.4. The molecule has 0 amide bonds. The molecule has 0 aromatic heterocycles. The Bertz CT molecular complexity index is 410. The van der Waals surface area contributed by atoms with E-state index in [1.807, 2.05) is 0 Å².